The molecule has 7 heteroatoms. The largest absolute Gasteiger partial charge is 0.481 e. The van der Waals surface area contributed by atoms with Gasteiger partial charge in [0.1, 0.15) is 6.10 Å². The minimum absolute atomic E-state index is 0.0816. The summed E-state index contributed by atoms with van der Waals surface area (Å²) in [7, 11) is 0. The van der Waals surface area contributed by atoms with Crippen LogP contribution in [0.4, 0.5) is 0 Å². The molecule has 1 aliphatic heterocycles. The van der Waals surface area contributed by atoms with Crippen LogP contribution in [0.3, 0.4) is 0 Å². The topological polar surface area (TPSA) is 128 Å². The number of nitriles is 1. The summed E-state index contributed by atoms with van der Waals surface area (Å²) in [5.41, 5.74) is 0.282. The molecule has 0 aromatic carbocycles. The number of rotatable bonds is 2. The maximum Gasteiger partial charge on any atom is 0.308 e. The fraction of sp³-hybridized carbons (Fsp3) is 0.750. The lowest BCUT2D eigenvalue weighted by atomic mass is 9.82. The molecule has 0 unspecified atom stereocenters. The van der Waals surface area contributed by atoms with Gasteiger partial charge in [0, 0.05) is 12.3 Å². The van der Waals surface area contributed by atoms with Crippen molar-refractivity contribution in [3.05, 3.63) is 23.8 Å². The highest BCUT2D eigenvalue weighted by Gasteiger charge is 2.39. The summed E-state index contributed by atoms with van der Waals surface area (Å²) in [6.45, 7) is 8.16. The van der Waals surface area contributed by atoms with Gasteiger partial charge in [-0.05, 0) is 61.9 Å². The number of aliphatic hydroxyl groups is 2. The van der Waals surface area contributed by atoms with Gasteiger partial charge in [0.2, 0.25) is 0 Å². The number of allylic oxidation sites excluding steroid dienone is 2. The molecular formula is C28H43NO6. The third-order valence-corrected chi connectivity index (χ3v) is 7.80. The molecule has 7 nitrogen and oxygen atoms in total. The third kappa shape index (κ3) is 8.77. The van der Waals surface area contributed by atoms with Crippen molar-refractivity contribution >= 4 is 11.9 Å². The molecule has 0 aromatic heterocycles. The van der Waals surface area contributed by atoms with Gasteiger partial charge in [-0.3, -0.25) is 9.59 Å². The Morgan fingerprint density at radius 2 is 1.71 bits per heavy atom. The van der Waals surface area contributed by atoms with Crippen LogP contribution in [0.25, 0.3) is 0 Å². The Balaban J connectivity index is 2.30. The number of cyclic esters (lactones) is 1. The summed E-state index contributed by atoms with van der Waals surface area (Å²) in [6.07, 6.45) is 7.33. The Morgan fingerprint density at radius 3 is 2.34 bits per heavy atom. The second-order valence-corrected chi connectivity index (χ2v) is 11.1. The Kier molecular flexibility index (Phi) is 11.5. The maximum absolute atomic E-state index is 12.7. The SMILES string of the molecule is C[C@@H]1C[C@H](C)C[C@H](C)[C@@H](O)/C(C#N)=C/C=C/C[C@@H]([C@@H]2CCC[C@@H]2C(=O)O)OC(=O)C[C@@H](O)[C@H](C)C1. The van der Waals surface area contributed by atoms with E-state index in [-0.39, 0.29) is 29.7 Å². The maximum atomic E-state index is 12.7. The number of aliphatic carboxylic acids is 1. The van der Waals surface area contributed by atoms with Crippen LogP contribution in [-0.4, -0.2) is 45.6 Å². The molecule has 0 saturated heterocycles. The first-order chi connectivity index (χ1) is 16.5. The van der Waals surface area contributed by atoms with Crippen LogP contribution >= 0.6 is 0 Å². The van der Waals surface area contributed by atoms with Crippen LogP contribution < -0.4 is 0 Å². The molecule has 1 heterocycles. The van der Waals surface area contributed by atoms with Crippen LogP contribution in [0.15, 0.2) is 23.8 Å². The highest BCUT2D eigenvalue weighted by Crippen LogP contribution is 2.37. The third-order valence-electron chi connectivity index (χ3n) is 7.80. The van der Waals surface area contributed by atoms with Crippen LogP contribution in [0, 0.1) is 46.8 Å². The van der Waals surface area contributed by atoms with E-state index in [9.17, 15) is 30.2 Å². The van der Waals surface area contributed by atoms with E-state index >= 15 is 0 Å². The van der Waals surface area contributed by atoms with E-state index in [2.05, 4.69) is 19.9 Å². The molecule has 1 fully saturated rings. The van der Waals surface area contributed by atoms with E-state index in [1.807, 2.05) is 13.8 Å². The standard InChI is InChI=1S/C28H43NO6/c1-17-12-18(2)14-20(4)27(32)21(16-29)8-5-6-11-25(22-9-7-10-23(22)28(33)34)35-26(31)15-24(30)19(3)13-17/h5-6,8,17-20,22-25,27,30,32H,7,9-15H2,1-4H3,(H,33,34)/b6-5+,21-8+/t17-,18+,19-,20+,22-,23+,24-,25+,27-/m1/s1. The first-order valence-electron chi connectivity index (χ1n) is 13.1. The summed E-state index contributed by atoms with van der Waals surface area (Å²) in [6, 6.07) is 2.10. The predicted molar refractivity (Wildman–Crippen MR) is 133 cm³/mol. The van der Waals surface area contributed by atoms with Crippen molar-refractivity contribution in [2.75, 3.05) is 0 Å². The molecule has 2 aliphatic rings. The minimum atomic E-state index is -0.882. The first-order valence-corrected chi connectivity index (χ1v) is 13.1. The zero-order valence-corrected chi connectivity index (χ0v) is 21.6. The van der Waals surface area contributed by atoms with Crippen LogP contribution in [-0.2, 0) is 14.3 Å². The Bertz CT molecular complexity index is 815. The quantitative estimate of drug-likeness (QED) is 0.482. The van der Waals surface area contributed by atoms with E-state index in [0.29, 0.717) is 31.1 Å². The van der Waals surface area contributed by atoms with Crippen molar-refractivity contribution in [1.29, 1.82) is 5.26 Å². The molecule has 0 bridgehead atoms. The highest BCUT2D eigenvalue weighted by atomic mass is 16.5. The molecule has 3 N–H and O–H groups in total. The number of carboxylic acid groups (broad SMARTS) is 1. The molecule has 0 spiro atoms. The highest BCUT2D eigenvalue weighted by molar-refractivity contribution is 5.72. The normalized spacial score (nSPS) is 40.9. The van der Waals surface area contributed by atoms with Crippen molar-refractivity contribution in [2.24, 2.45) is 35.5 Å². The predicted octanol–water partition coefficient (Wildman–Crippen LogP) is 4.64. The molecule has 1 saturated carbocycles. The lowest BCUT2D eigenvalue weighted by Crippen LogP contribution is -2.34. The van der Waals surface area contributed by atoms with Gasteiger partial charge in [-0.25, -0.2) is 0 Å². The lowest BCUT2D eigenvalue weighted by molar-refractivity contribution is -0.159. The smallest absolute Gasteiger partial charge is 0.308 e. The number of aliphatic hydroxyl groups excluding tert-OH is 2. The summed E-state index contributed by atoms with van der Waals surface area (Å²) < 4.78 is 5.77. The number of nitrogens with zero attached hydrogens (tertiary/aromatic N) is 1. The second kappa shape index (κ2) is 13.8. The summed E-state index contributed by atoms with van der Waals surface area (Å²) in [4.78, 5) is 24.5. The van der Waals surface area contributed by atoms with Crippen LogP contribution in [0.5, 0.6) is 0 Å². The van der Waals surface area contributed by atoms with E-state index in [0.717, 1.165) is 25.7 Å². The van der Waals surface area contributed by atoms with Gasteiger partial charge in [0.05, 0.1) is 36.2 Å². The zero-order valence-electron chi connectivity index (χ0n) is 21.6. The number of ether oxygens (including phenoxy) is 1. The Morgan fingerprint density at radius 1 is 1.06 bits per heavy atom. The number of hydrogen-bond donors (Lipinski definition) is 3. The minimum Gasteiger partial charge on any atom is -0.481 e. The van der Waals surface area contributed by atoms with Gasteiger partial charge < -0.3 is 20.1 Å². The van der Waals surface area contributed by atoms with Crippen LogP contribution in [0.1, 0.15) is 79.1 Å². The molecular weight excluding hydrogens is 446 g/mol. The lowest BCUT2D eigenvalue weighted by Gasteiger charge is -2.28. The number of carboxylic acids is 1. The number of carbonyl (C=O) groups excluding carboxylic acids is 1. The monoisotopic (exact) mass is 489 g/mol. The molecule has 0 aromatic rings. The van der Waals surface area contributed by atoms with Crippen molar-refractivity contribution in [3.63, 3.8) is 0 Å². The molecule has 2 rings (SSSR count). The van der Waals surface area contributed by atoms with Gasteiger partial charge >= 0.3 is 11.9 Å². The molecule has 1 aliphatic carbocycles. The van der Waals surface area contributed by atoms with Crippen molar-refractivity contribution in [3.8, 4) is 6.07 Å². The van der Waals surface area contributed by atoms with Crippen molar-refractivity contribution < 1.29 is 29.6 Å². The van der Waals surface area contributed by atoms with Crippen molar-refractivity contribution in [2.45, 2.75) is 97.4 Å². The number of esters is 1. The van der Waals surface area contributed by atoms with Gasteiger partial charge in [-0.1, -0.05) is 46.3 Å². The summed E-state index contributed by atoms with van der Waals surface area (Å²) >= 11 is 0. The molecule has 0 amide bonds. The van der Waals surface area contributed by atoms with Gasteiger partial charge in [0.25, 0.3) is 0 Å². The number of carbonyl (C=O) groups is 2. The summed E-state index contributed by atoms with van der Waals surface area (Å²) in [5, 5.41) is 40.6. The first kappa shape index (κ1) is 29.1. The average Bonchev–Trinajstić information content (AvgIpc) is 3.27. The van der Waals surface area contributed by atoms with Gasteiger partial charge in [0.15, 0.2) is 0 Å². The molecule has 0 radical (unpaired) electrons. The Hall–Kier alpha value is -2.17. The van der Waals surface area contributed by atoms with Gasteiger partial charge in [-0.2, -0.15) is 5.26 Å². The summed E-state index contributed by atoms with van der Waals surface area (Å²) in [5.74, 6) is -1.77. The van der Waals surface area contributed by atoms with E-state index in [4.69, 9.17) is 4.74 Å². The van der Waals surface area contributed by atoms with E-state index in [1.165, 1.54) is 0 Å². The molecule has 196 valence electrons. The molecule has 9 atom stereocenters. The van der Waals surface area contributed by atoms with Gasteiger partial charge in [-0.15, -0.1) is 0 Å². The fourth-order valence-electron chi connectivity index (χ4n) is 5.97. The number of hydrogen-bond acceptors (Lipinski definition) is 6. The molecule has 35 heavy (non-hydrogen) atoms. The second-order valence-electron chi connectivity index (χ2n) is 11.1. The van der Waals surface area contributed by atoms with Crippen LogP contribution in [0.2, 0.25) is 0 Å². The van der Waals surface area contributed by atoms with Crippen molar-refractivity contribution in [1.82, 2.24) is 0 Å². The average molecular weight is 490 g/mol. The van der Waals surface area contributed by atoms with E-state index in [1.54, 1.807) is 18.2 Å². The fourth-order valence-corrected chi connectivity index (χ4v) is 5.97. The zero-order chi connectivity index (χ0) is 26.1. The Labute approximate surface area is 209 Å². The van der Waals surface area contributed by atoms with E-state index < -0.39 is 36.2 Å².